The number of anilines is 1. The number of benzene rings is 2. The zero-order valence-electron chi connectivity index (χ0n) is 15.7. The van der Waals surface area contributed by atoms with E-state index in [2.05, 4.69) is 10.6 Å². The summed E-state index contributed by atoms with van der Waals surface area (Å²) in [6.07, 6.45) is 0. The molecule has 2 aromatic rings. The molecule has 27 heavy (non-hydrogen) atoms. The molecule has 2 rings (SSSR count). The van der Waals surface area contributed by atoms with E-state index in [-0.39, 0.29) is 4.90 Å². The first-order valence-corrected chi connectivity index (χ1v) is 10.5. The van der Waals surface area contributed by atoms with Crippen LogP contribution in [-0.2, 0) is 16.6 Å². The van der Waals surface area contributed by atoms with Crippen molar-refractivity contribution in [2.24, 2.45) is 0 Å². The molecule has 0 atom stereocenters. The van der Waals surface area contributed by atoms with Gasteiger partial charge in [-0.25, -0.2) is 8.42 Å². The van der Waals surface area contributed by atoms with Crippen molar-refractivity contribution in [3.05, 3.63) is 54.1 Å². The first-order valence-electron chi connectivity index (χ1n) is 8.69. The Hall–Kier alpha value is -2.16. The molecule has 0 radical (unpaired) electrons. The summed E-state index contributed by atoms with van der Waals surface area (Å²) < 4.78 is 32.2. The molecule has 0 spiro atoms. The van der Waals surface area contributed by atoms with Gasteiger partial charge in [-0.1, -0.05) is 44.2 Å². The van der Waals surface area contributed by atoms with Gasteiger partial charge in [-0.2, -0.15) is 4.31 Å². The molecule has 0 bridgehead atoms. The molecule has 146 valence electrons. The van der Waals surface area contributed by atoms with E-state index in [0.29, 0.717) is 36.2 Å². The van der Waals surface area contributed by atoms with Crippen molar-refractivity contribution in [1.82, 2.24) is 9.62 Å². The van der Waals surface area contributed by atoms with Crippen LogP contribution in [0.4, 0.5) is 5.69 Å². The van der Waals surface area contributed by atoms with Crippen LogP contribution in [0.1, 0.15) is 19.4 Å². The highest BCUT2D eigenvalue weighted by Gasteiger charge is 2.23. The molecule has 0 saturated heterocycles. The van der Waals surface area contributed by atoms with E-state index in [1.54, 1.807) is 12.1 Å². The van der Waals surface area contributed by atoms with E-state index >= 15 is 0 Å². The quantitative estimate of drug-likeness (QED) is 0.655. The molecule has 0 unspecified atom stereocenters. The van der Waals surface area contributed by atoms with Gasteiger partial charge >= 0.3 is 0 Å². The lowest BCUT2D eigenvalue weighted by molar-refractivity contribution is 0.416. The van der Waals surface area contributed by atoms with Crippen LogP contribution in [0.3, 0.4) is 0 Å². The molecule has 2 aromatic carbocycles. The topological polar surface area (TPSA) is 70.7 Å². The molecule has 0 fully saturated rings. The van der Waals surface area contributed by atoms with E-state index in [1.807, 2.05) is 44.2 Å². The summed E-state index contributed by atoms with van der Waals surface area (Å²) in [5.41, 5.74) is 1.59. The first-order chi connectivity index (χ1) is 12.9. The van der Waals surface area contributed by atoms with Crippen LogP contribution in [0.5, 0.6) is 5.75 Å². The van der Waals surface area contributed by atoms with Crippen molar-refractivity contribution >= 4 is 33.0 Å². The lowest BCUT2D eigenvalue weighted by Crippen LogP contribution is -2.31. The fraction of sp³-hybridized carbons (Fsp3) is 0.316. The summed E-state index contributed by atoms with van der Waals surface area (Å²) in [5, 5.41) is 6.52. The van der Waals surface area contributed by atoms with Gasteiger partial charge in [-0.15, -0.1) is 0 Å². The molecule has 0 saturated carbocycles. The minimum Gasteiger partial charge on any atom is -0.495 e. The Bertz CT molecular complexity index is 867. The van der Waals surface area contributed by atoms with Crippen LogP contribution < -0.4 is 15.4 Å². The standard InChI is InChI=1S/C19H25N3O3S2/c1-4-22(5-2)27(23,24)16-11-12-18(25-3)17(13-16)21-19(26)20-14-15-9-7-6-8-10-15/h6-13H,4-5,14H2,1-3H3,(H2,20,21,26). The van der Waals surface area contributed by atoms with Gasteiger partial charge in [0, 0.05) is 19.6 Å². The zero-order valence-corrected chi connectivity index (χ0v) is 17.4. The second-order valence-electron chi connectivity index (χ2n) is 5.74. The van der Waals surface area contributed by atoms with Gasteiger partial charge in [-0.3, -0.25) is 0 Å². The molecule has 0 aliphatic carbocycles. The summed E-state index contributed by atoms with van der Waals surface area (Å²) >= 11 is 5.34. The van der Waals surface area contributed by atoms with Crippen LogP contribution in [-0.4, -0.2) is 38.0 Å². The molecule has 0 aliphatic heterocycles. The largest absolute Gasteiger partial charge is 0.495 e. The van der Waals surface area contributed by atoms with Gasteiger partial charge in [-0.05, 0) is 36.0 Å². The Labute approximate surface area is 166 Å². The Morgan fingerprint density at radius 2 is 1.78 bits per heavy atom. The van der Waals surface area contributed by atoms with Crippen LogP contribution in [0.15, 0.2) is 53.4 Å². The van der Waals surface area contributed by atoms with Crippen LogP contribution in [0, 0.1) is 0 Å². The number of thiocarbonyl (C=S) groups is 1. The van der Waals surface area contributed by atoms with Gasteiger partial charge in [0.05, 0.1) is 17.7 Å². The second-order valence-corrected chi connectivity index (χ2v) is 8.09. The number of nitrogens with one attached hydrogen (secondary N) is 2. The number of nitrogens with zero attached hydrogens (tertiary/aromatic N) is 1. The van der Waals surface area contributed by atoms with Gasteiger partial charge in [0.25, 0.3) is 0 Å². The number of rotatable bonds is 8. The summed E-state index contributed by atoms with van der Waals surface area (Å²) in [6, 6.07) is 14.6. The number of ether oxygens (including phenoxy) is 1. The third-order valence-electron chi connectivity index (χ3n) is 4.06. The first kappa shape index (κ1) is 21.1. The molecule has 0 heterocycles. The SMILES string of the molecule is CCN(CC)S(=O)(=O)c1ccc(OC)c(NC(=S)NCc2ccccc2)c1. The van der Waals surface area contributed by atoms with E-state index in [1.165, 1.54) is 17.5 Å². The minimum absolute atomic E-state index is 0.195. The van der Waals surface area contributed by atoms with Gasteiger partial charge in [0.2, 0.25) is 10.0 Å². The average Bonchev–Trinajstić information content (AvgIpc) is 2.68. The van der Waals surface area contributed by atoms with Crippen LogP contribution in [0.25, 0.3) is 0 Å². The van der Waals surface area contributed by atoms with Crippen molar-refractivity contribution in [1.29, 1.82) is 0 Å². The second kappa shape index (κ2) is 9.68. The van der Waals surface area contributed by atoms with Crippen molar-refractivity contribution in [2.45, 2.75) is 25.3 Å². The zero-order chi connectivity index (χ0) is 19.9. The summed E-state index contributed by atoms with van der Waals surface area (Å²) in [4.78, 5) is 0.195. The predicted molar refractivity (Wildman–Crippen MR) is 113 cm³/mol. The average molecular weight is 408 g/mol. The van der Waals surface area contributed by atoms with Gasteiger partial charge in [0.15, 0.2) is 5.11 Å². The lowest BCUT2D eigenvalue weighted by Gasteiger charge is -2.20. The lowest BCUT2D eigenvalue weighted by atomic mass is 10.2. The van der Waals surface area contributed by atoms with Crippen molar-refractivity contribution in [3.63, 3.8) is 0 Å². The summed E-state index contributed by atoms with van der Waals surface area (Å²) in [6.45, 7) is 5.00. The molecule has 0 aromatic heterocycles. The summed E-state index contributed by atoms with van der Waals surface area (Å²) in [5.74, 6) is 0.511. The van der Waals surface area contributed by atoms with E-state index < -0.39 is 10.0 Å². The van der Waals surface area contributed by atoms with Crippen molar-refractivity contribution < 1.29 is 13.2 Å². The number of sulfonamides is 1. The van der Waals surface area contributed by atoms with Gasteiger partial charge in [0.1, 0.15) is 5.75 Å². The maximum Gasteiger partial charge on any atom is 0.243 e. The Morgan fingerprint density at radius 1 is 1.11 bits per heavy atom. The van der Waals surface area contributed by atoms with Crippen LogP contribution in [0.2, 0.25) is 0 Å². The third kappa shape index (κ3) is 5.41. The monoisotopic (exact) mass is 407 g/mol. The number of hydrogen-bond donors (Lipinski definition) is 2. The fourth-order valence-corrected chi connectivity index (χ4v) is 4.27. The molecular weight excluding hydrogens is 382 g/mol. The highest BCUT2D eigenvalue weighted by Crippen LogP contribution is 2.29. The molecule has 8 heteroatoms. The Balaban J connectivity index is 2.18. The Morgan fingerprint density at radius 3 is 2.37 bits per heavy atom. The number of methoxy groups -OCH3 is 1. The van der Waals surface area contributed by atoms with Crippen molar-refractivity contribution in [2.75, 3.05) is 25.5 Å². The third-order valence-corrected chi connectivity index (χ3v) is 6.35. The van der Waals surface area contributed by atoms with Gasteiger partial charge < -0.3 is 15.4 Å². The maximum atomic E-state index is 12.8. The molecule has 6 nitrogen and oxygen atoms in total. The van der Waals surface area contributed by atoms with Crippen molar-refractivity contribution in [3.8, 4) is 5.75 Å². The number of hydrogen-bond acceptors (Lipinski definition) is 4. The summed E-state index contributed by atoms with van der Waals surface area (Å²) in [7, 11) is -2.04. The van der Waals surface area contributed by atoms with E-state index in [9.17, 15) is 8.42 Å². The minimum atomic E-state index is -3.57. The fourth-order valence-electron chi connectivity index (χ4n) is 2.60. The molecular formula is C19H25N3O3S2. The maximum absolute atomic E-state index is 12.8. The Kier molecular flexibility index (Phi) is 7.58. The molecule has 2 N–H and O–H groups in total. The van der Waals surface area contributed by atoms with E-state index in [4.69, 9.17) is 17.0 Å². The van der Waals surface area contributed by atoms with E-state index in [0.717, 1.165) is 5.56 Å². The highest BCUT2D eigenvalue weighted by atomic mass is 32.2. The normalized spacial score (nSPS) is 11.3. The molecule has 0 amide bonds. The highest BCUT2D eigenvalue weighted by molar-refractivity contribution is 7.89. The smallest absolute Gasteiger partial charge is 0.243 e. The van der Waals surface area contributed by atoms with Crippen LogP contribution >= 0.6 is 12.2 Å². The predicted octanol–water partition coefficient (Wildman–Crippen LogP) is 3.21. The molecule has 0 aliphatic rings.